The van der Waals surface area contributed by atoms with E-state index in [2.05, 4.69) is 21.2 Å². The van der Waals surface area contributed by atoms with Crippen molar-refractivity contribution in [2.24, 2.45) is 0 Å². The minimum atomic E-state index is -0.260. The summed E-state index contributed by atoms with van der Waals surface area (Å²) in [5, 5.41) is 21.6. The molecule has 0 aromatic heterocycles. The molecule has 0 fully saturated rings. The number of halogens is 1. The SMILES string of the molecule is CC(O)CCNCc1ccc(O)c(Br)c1. The molecule has 1 unspecified atom stereocenters. The Morgan fingerprint density at radius 1 is 1.47 bits per heavy atom. The van der Waals surface area contributed by atoms with Gasteiger partial charge in [0.05, 0.1) is 10.6 Å². The van der Waals surface area contributed by atoms with Crippen LogP contribution in [0.2, 0.25) is 0 Å². The van der Waals surface area contributed by atoms with Crippen LogP contribution in [-0.2, 0) is 6.54 Å². The highest BCUT2D eigenvalue weighted by Gasteiger charge is 1.99. The Bertz CT molecular complexity index is 315. The topological polar surface area (TPSA) is 52.5 Å². The third-order valence-corrected chi connectivity index (χ3v) is 2.72. The highest BCUT2D eigenvalue weighted by molar-refractivity contribution is 9.10. The molecule has 84 valence electrons. The summed E-state index contributed by atoms with van der Waals surface area (Å²) in [6.07, 6.45) is 0.489. The first-order chi connectivity index (χ1) is 7.09. The molecule has 0 aliphatic carbocycles. The molecule has 0 bridgehead atoms. The van der Waals surface area contributed by atoms with Crippen LogP contribution in [0.25, 0.3) is 0 Å². The third kappa shape index (κ3) is 4.64. The van der Waals surface area contributed by atoms with E-state index in [9.17, 15) is 5.11 Å². The van der Waals surface area contributed by atoms with E-state index in [1.54, 1.807) is 13.0 Å². The monoisotopic (exact) mass is 273 g/mol. The molecule has 0 aliphatic rings. The molecule has 0 aliphatic heterocycles. The second-order valence-electron chi connectivity index (χ2n) is 3.60. The van der Waals surface area contributed by atoms with Crippen molar-refractivity contribution in [3.63, 3.8) is 0 Å². The first kappa shape index (κ1) is 12.5. The van der Waals surface area contributed by atoms with E-state index in [0.717, 1.165) is 25.1 Å². The van der Waals surface area contributed by atoms with E-state index in [0.29, 0.717) is 4.47 Å². The van der Waals surface area contributed by atoms with Crippen LogP contribution < -0.4 is 5.32 Å². The van der Waals surface area contributed by atoms with Gasteiger partial charge in [0.2, 0.25) is 0 Å². The number of hydrogen-bond donors (Lipinski definition) is 3. The van der Waals surface area contributed by atoms with Crippen molar-refractivity contribution in [1.82, 2.24) is 5.32 Å². The van der Waals surface area contributed by atoms with Gasteiger partial charge in [-0.25, -0.2) is 0 Å². The molecule has 3 N–H and O–H groups in total. The van der Waals surface area contributed by atoms with Gasteiger partial charge in [-0.05, 0) is 53.5 Å². The molecule has 15 heavy (non-hydrogen) atoms. The summed E-state index contributed by atoms with van der Waals surface area (Å²) < 4.78 is 0.706. The van der Waals surface area contributed by atoms with Crippen molar-refractivity contribution >= 4 is 15.9 Å². The van der Waals surface area contributed by atoms with Gasteiger partial charge in [0.1, 0.15) is 5.75 Å². The van der Waals surface area contributed by atoms with Crippen LogP contribution in [-0.4, -0.2) is 22.9 Å². The summed E-state index contributed by atoms with van der Waals surface area (Å²) in [7, 11) is 0. The summed E-state index contributed by atoms with van der Waals surface area (Å²) in [5.41, 5.74) is 1.10. The van der Waals surface area contributed by atoms with Crippen LogP contribution in [0, 0.1) is 0 Å². The first-order valence-electron chi connectivity index (χ1n) is 4.96. The van der Waals surface area contributed by atoms with Gasteiger partial charge in [-0.1, -0.05) is 6.07 Å². The molecule has 0 radical (unpaired) electrons. The zero-order valence-corrected chi connectivity index (χ0v) is 10.3. The number of hydrogen-bond acceptors (Lipinski definition) is 3. The van der Waals surface area contributed by atoms with E-state index in [-0.39, 0.29) is 11.9 Å². The molecule has 4 heteroatoms. The highest BCUT2D eigenvalue weighted by atomic mass is 79.9. The number of rotatable bonds is 5. The molecule has 0 amide bonds. The standard InChI is InChI=1S/C11H16BrNO2/c1-8(14)4-5-13-7-9-2-3-11(15)10(12)6-9/h2-3,6,8,13-15H,4-5,7H2,1H3. The minimum absolute atomic E-state index is 0.253. The minimum Gasteiger partial charge on any atom is -0.507 e. The number of phenolic OH excluding ortho intramolecular Hbond substituents is 1. The van der Waals surface area contributed by atoms with Crippen LogP contribution in [0.3, 0.4) is 0 Å². The lowest BCUT2D eigenvalue weighted by Crippen LogP contribution is -2.18. The van der Waals surface area contributed by atoms with Crippen molar-refractivity contribution in [2.75, 3.05) is 6.54 Å². The summed E-state index contributed by atoms with van der Waals surface area (Å²) >= 11 is 3.26. The van der Waals surface area contributed by atoms with Gasteiger partial charge in [0.25, 0.3) is 0 Å². The summed E-state index contributed by atoms with van der Waals surface area (Å²) in [6.45, 7) is 3.31. The molecule has 0 spiro atoms. The van der Waals surface area contributed by atoms with E-state index in [1.807, 2.05) is 12.1 Å². The highest BCUT2D eigenvalue weighted by Crippen LogP contribution is 2.24. The Morgan fingerprint density at radius 3 is 2.80 bits per heavy atom. The second kappa shape index (κ2) is 6.10. The maximum atomic E-state index is 9.29. The van der Waals surface area contributed by atoms with Crippen molar-refractivity contribution < 1.29 is 10.2 Å². The zero-order valence-electron chi connectivity index (χ0n) is 8.70. The van der Waals surface area contributed by atoms with E-state index >= 15 is 0 Å². The Labute approximate surface area is 98.3 Å². The lowest BCUT2D eigenvalue weighted by Gasteiger charge is -2.07. The van der Waals surface area contributed by atoms with Crippen LogP contribution in [0.15, 0.2) is 22.7 Å². The molecule has 1 aromatic rings. The predicted molar refractivity (Wildman–Crippen MR) is 63.8 cm³/mol. The second-order valence-corrected chi connectivity index (χ2v) is 4.45. The van der Waals surface area contributed by atoms with Crippen molar-refractivity contribution in [3.8, 4) is 5.75 Å². The lowest BCUT2D eigenvalue weighted by atomic mass is 10.2. The number of nitrogens with one attached hydrogen (secondary N) is 1. The fourth-order valence-corrected chi connectivity index (χ4v) is 1.63. The van der Waals surface area contributed by atoms with Crippen molar-refractivity contribution in [1.29, 1.82) is 0 Å². The maximum Gasteiger partial charge on any atom is 0.129 e. The van der Waals surface area contributed by atoms with Gasteiger partial charge in [-0.2, -0.15) is 0 Å². The Hall–Kier alpha value is -0.580. The van der Waals surface area contributed by atoms with Crippen molar-refractivity contribution in [2.45, 2.75) is 26.0 Å². The molecule has 0 heterocycles. The molecular formula is C11H16BrNO2. The normalized spacial score (nSPS) is 12.7. The fourth-order valence-electron chi connectivity index (χ4n) is 1.20. The molecule has 0 saturated carbocycles. The number of phenols is 1. The average Bonchev–Trinajstić information content (AvgIpc) is 2.18. The predicted octanol–water partition coefficient (Wildman–Crippen LogP) is 2.02. The number of aliphatic hydroxyl groups is 1. The maximum absolute atomic E-state index is 9.29. The van der Waals surface area contributed by atoms with Gasteiger partial charge >= 0.3 is 0 Å². The number of benzene rings is 1. The van der Waals surface area contributed by atoms with E-state index in [4.69, 9.17) is 5.11 Å². The van der Waals surface area contributed by atoms with Crippen LogP contribution in [0.1, 0.15) is 18.9 Å². The zero-order chi connectivity index (χ0) is 11.3. The van der Waals surface area contributed by atoms with Gasteiger partial charge in [0, 0.05) is 6.54 Å². The average molecular weight is 274 g/mol. The van der Waals surface area contributed by atoms with Crippen LogP contribution in [0.5, 0.6) is 5.75 Å². The quantitative estimate of drug-likeness (QED) is 0.720. The number of aromatic hydroxyl groups is 1. The lowest BCUT2D eigenvalue weighted by molar-refractivity contribution is 0.183. The molecule has 3 nitrogen and oxygen atoms in total. The molecule has 0 saturated heterocycles. The van der Waals surface area contributed by atoms with Crippen molar-refractivity contribution in [3.05, 3.63) is 28.2 Å². The molecule has 1 rings (SSSR count). The smallest absolute Gasteiger partial charge is 0.129 e. The molecule has 1 aromatic carbocycles. The van der Waals surface area contributed by atoms with Gasteiger partial charge in [-0.15, -0.1) is 0 Å². The fraction of sp³-hybridized carbons (Fsp3) is 0.455. The summed E-state index contributed by atoms with van der Waals surface area (Å²) in [6, 6.07) is 5.41. The Morgan fingerprint density at radius 2 is 2.20 bits per heavy atom. The van der Waals surface area contributed by atoms with Gasteiger partial charge in [0.15, 0.2) is 0 Å². The number of aliphatic hydroxyl groups excluding tert-OH is 1. The van der Waals surface area contributed by atoms with Crippen LogP contribution in [0.4, 0.5) is 0 Å². The summed E-state index contributed by atoms with van der Waals surface area (Å²) in [5.74, 6) is 0.253. The molecule has 1 atom stereocenters. The third-order valence-electron chi connectivity index (χ3n) is 2.08. The van der Waals surface area contributed by atoms with Gasteiger partial charge in [-0.3, -0.25) is 0 Å². The van der Waals surface area contributed by atoms with E-state index in [1.165, 1.54) is 0 Å². The largest absolute Gasteiger partial charge is 0.507 e. The first-order valence-corrected chi connectivity index (χ1v) is 5.75. The van der Waals surface area contributed by atoms with Gasteiger partial charge < -0.3 is 15.5 Å². The summed E-state index contributed by atoms with van der Waals surface area (Å²) in [4.78, 5) is 0. The molecular weight excluding hydrogens is 258 g/mol. The Balaban J connectivity index is 2.35. The van der Waals surface area contributed by atoms with E-state index < -0.39 is 0 Å². The Kier molecular flexibility index (Phi) is 5.08. The van der Waals surface area contributed by atoms with Crippen LogP contribution >= 0.6 is 15.9 Å².